The summed E-state index contributed by atoms with van der Waals surface area (Å²) >= 11 is 0. The minimum Gasteiger partial charge on any atom is -0.379 e. The van der Waals surface area contributed by atoms with E-state index in [4.69, 9.17) is 4.74 Å². The SMILES string of the molecule is CCOC(C)CC(CC(=O)NC)CC(=O)NC. The third kappa shape index (κ3) is 7.74. The van der Waals surface area contributed by atoms with Crippen molar-refractivity contribution in [3.8, 4) is 0 Å². The molecule has 17 heavy (non-hydrogen) atoms. The molecule has 0 aromatic rings. The van der Waals surface area contributed by atoms with E-state index in [1.807, 2.05) is 13.8 Å². The molecule has 2 N–H and O–H groups in total. The van der Waals surface area contributed by atoms with Gasteiger partial charge in [0.25, 0.3) is 0 Å². The van der Waals surface area contributed by atoms with Crippen molar-refractivity contribution in [1.82, 2.24) is 10.6 Å². The predicted octanol–water partition coefficient (Wildman–Crippen LogP) is 0.690. The van der Waals surface area contributed by atoms with Crippen LogP contribution in [0, 0.1) is 5.92 Å². The summed E-state index contributed by atoms with van der Waals surface area (Å²) in [7, 11) is 3.20. The molecular weight excluding hydrogens is 220 g/mol. The Balaban J connectivity index is 4.28. The van der Waals surface area contributed by atoms with Crippen LogP contribution < -0.4 is 10.6 Å². The minimum atomic E-state index is -0.0393. The molecule has 5 nitrogen and oxygen atoms in total. The number of amides is 2. The molecule has 0 aliphatic carbocycles. The van der Waals surface area contributed by atoms with Gasteiger partial charge in [-0.2, -0.15) is 0 Å². The van der Waals surface area contributed by atoms with Gasteiger partial charge in [-0.1, -0.05) is 0 Å². The summed E-state index contributed by atoms with van der Waals surface area (Å²) in [6.45, 7) is 4.54. The van der Waals surface area contributed by atoms with Gasteiger partial charge in [0, 0.05) is 33.5 Å². The van der Waals surface area contributed by atoms with Crippen LogP contribution >= 0.6 is 0 Å². The zero-order chi connectivity index (χ0) is 13.3. The Labute approximate surface area is 103 Å². The molecule has 1 atom stereocenters. The molecule has 0 saturated carbocycles. The van der Waals surface area contributed by atoms with E-state index in [2.05, 4.69) is 10.6 Å². The lowest BCUT2D eigenvalue weighted by Crippen LogP contribution is -2.28. The van der Waals surface area contributed by atoms with Crippen LogP contribution in [0.1, 0.15) is 33.1 Å². The normalized spacial score (nSPS) is 12.3. The molecule has 5 heteroatoms. The number of carbonyl (C=O) groups excluding carboxylic acids is 2. The van der Waals surface area contributed by atoms with Gasteiger partial charge in [-0.3, -0.25) is 9.59 Å². The van der Waals surface area contributed by atoms with Gasteiger partial charge in [-0.05, 0) is 26.2 Å². The zero-order valence-electron chi connectivity index (χ0n) is 11.2. The highest BCUT2D eigenvalue weighted by Crippen LogP contribution is 2.17. The van der Waals surface area contributed by atoms with Gasteiger partial charge in [0.05, 0.1) is 6.10 Å². The van der Waals surface area contributed by atoms with Crippen molar-refractivity contribution in [2.75, 3.05) is 20.7 Å². The lowest BCUT2D eigenvalue weighted by Gasteiger charge is -2.19. The van der Waals surface area contributed by atoms with Crippen LogP contribution in [-0.2, 0) is 14.3 Å². The van der Waals surface area contributed by atoms with E-state index in [-0.39, 0.29) is 23.8 Å². The largest absolute Gasteiger partial charge is 0.379 e. The van der Waals surface area contributed by atoms with Gasteiger partial charge >= 0.3 is 0 Å². The van der Waals surface area contributed by atoms with E-state index in [0.717, 1.165) is 0 Å². The first-order valence-electron chi connectivity index (χ1n) is 6.06. The van der Waals surface area contributed by atoms with E-state index in [0.29, 0.717) is 25.9 Å². The second-order valence-corrected chi connectivity index (χ2v) is 4.12. The summed E-state index contributed by atoms with van der Waals surface area (Å²) < 4.78 is 5.44. The fourth-order valence-electron chi connectivity index (χ4n) is 1.79. The topological polar surface area (TPSA) is 67.4 Å². The lowest BCUT2D eigenvalue weighted by atomic mass is 9.94. The number of hydrogen-bond acceptors (Lipinski definition) is 3. The van der Waals surface area contributed by atoms with Crippen molar-refractivity contribution >= 4 is 11.8 Å². The Hall–Kier alpha value is -1.10. The molecule has 0 radical (unpaired) electrons. The van der Waals surface area contributed by atoms with E-state index in [9.17, 15) is 9.59 Å². The van der Waals surface area contributed by atoms with E-state index >= 15 is 0 Å². The highest BCUT2D eigenvalue weighted by atomic mass is 16.5. The van der Waals surface area contributed by atoms with Gasteiger partial charge in [0.2, 0.25) is 11.8 Å². The van der Waals surface area contributed by atoms with Gasteiger partial charge in [-0.15, -0.1) is 0 Å². The summed E-state index contributed by atoms with van der Waals surface area (Å²) in [6.07, 6.45) is 1.51. The third-order valence-electron chi connectivity index (χ3n) is 2.62. The zero-order valence-corrected chi connectivity index (χ0v) is 11.2. The molecule has 100 valence electrons. The van der Waals surface area contributed by atoms with E-state index in [1.54, 1.807) is 14.1 Å². The first-order chi connectivity index (χ1) is 8.03. The monoisotopic (exact) mass is 244 g/mol. The van der Waals surface area contributed by atoms with Crippen molar-refractivity contribution in [3.63, 3.8) is 0 Å². The molecule has 0 aromatic carbocycles. The summed E-state index contributed by atoms with van der Waals surface area (Å²) in [5.41, 5.74) is 0. The van der Waals surface area contributed by atoms with Crippen LogP contribution in [0.15, 0.2) is 0 Å². The summed E-state index contributed by atoms with van der Waals surface area (Å²) in [4.78, 5) is 22.7. The molecule has 0 aliphatic heterocycles. The van der Waals surface area contributed by atoms with Crippen LogP contribution in [0.25, 0.3) is 0 Å². The van der Waals surface area contributed by atoms with Gasteiger partial charge in [0.15, 0.2) is 0 Å². The highest BCUT2D eigenvalue weighted by Gasteiger charge is 2.19. The van der Waals surface area contributed by atoms with Crippen LogP contribution in [-0.4, -0.2) is 38.6 Å². The highest BCUT2D eigenvalue weighted by molar-refractivity contribution is 5.79. The Morgan fingerprint density at radius 2 is 1.59 bits per heavy atom. The maximum Gasteiger partial charge on any atom is 0.220 e. The summed E-state index contributed by atoms with van der Waals surface area (Å²) in [5, 5.41) is 5.16. The van der Waals surface area contributed by atoms with Crippen LogP contribution in [0.3, 0.4) is 0 Å². The van der Waals surface area contributed by atoms with Crippen molar-refractivity contribution in [2.45, 2.75) is 39.2 Å². The standard InChI is InChI=1S/C12H24N2O3/c1-5-17-9(2)6-10(7-11(15)13-3)8-12(16)14-4/h9-10H,5-8H2,1-4H3,(H,13,15)(H,14,16). The number of nitrogens with one attached hydrogen (secondary N) is 2. The summed E-state index contributed by atoms with van der Waals surface area (Å²) in [6, 6.07) is 0. The Kier molecular flexibility index (Phi) is 8.40. The summed E-state index contributed by atoms with van der Waals surface area (Å²) in [5.74, 6) is -0.0540. The van der Waals surface area contributed by atoms with Crippen LogP contribution in [0.4, 0.5) is 0 Å². The van der Waals surface area contributed by atoms with Crippen molar-refractivity contribution < 1.29 is 14.3 Å². The van der Waals surface area contributed by atoms with Crippen LogP contribution in [0.2, 0.25) is 0 Å². The molecule has 0 heterocycles. The average Bonchev–Trinajstić information content (AvgIpc) is 2.28. The molecule has 2 amide bonds. The Morgan fingerprint density at radius 1 is 1.12 bits per heavy atom. The first kappa shape index (κ1) is 15.9. The molecule has 0 aliphatic rings. The predicted molar refractivity (Wildman–Crippen MR) is 66.6 cm³/mol. The maximum atomic E-state index is 11.3. The van der Waals surface area contributed by atoms with Crippen LogP contribution in [0.5, 0.6) is 0 Å². The molecule has 0 bridgehead atoms. The second-order valence-electron chi connectivity index (χ2n) is 4.12. The quantitative estimate of drug-likeness (QED) is 0.660. The average molecular weight is 244 g/mol. The van der Waals surface area contributed by atoms with Gasteiger partial charge in [-0.25, -0.2) is 0 Å². The molecule has 0 rings (SSSR count). The van der Waals surface area contributed by atoms with Gasteiger partial charge < -0.3 is 15.4 Å². The first-order valence-corrected chi connectivity index (χ1v) is 6.06. The second kappa shape index (κ2) is 8.98. The molecule has 0 saturated heterocycles. The lowest BCUT2D eigenvalue weighted by molar-refractivity contribution is -0.124. The van der Waals surface area contributed by atoms with Crippen molar-refractivity contribution in [3.05, 3.63) is 0 Å². The number of rotatable bonds is 8. The minimum absolute atomic E-state index is 0.0245. The number of hydrogen-bond donors (Lipinski definition) is 2. The molecule has 0 spiro atoms. The number of carbonyl (C=O) groups is 2. The Morgan fingerprint density at radius 3 is 1.94 bits per heavy atom. The van der Waals surface area contributed by atoms with E-state index in [1.165, 1.54) is 0 Å². The molecule has 1 unspecified atom stereocenters. The molecular formula is C12H24N2O3. The van der Waals surface area contributed by atoms with Crippen molar-refractivity contribution in [2.24, 2.45) is 5.92 Å². The fourth-order valence-corrected chi connectivity index (χ4v) is 1.79. The fraction of sp³-hybridized carbons (Fsp3) is 0.833. The molecule has 0 fully saturated rings. The van der Waals surface area contributed by atoms with Crippen molar-refractivity contribution in [1.29, 1.82) is 0 Å². The van der Waals surface area contributed by atoms with E-state index < -0.39 is 0 Å². The Bertz CT molecular complexity index is 226. The van der Waals surface area contributed by atoms with Gasteiger partial charge in [0.1, 0.15) is 0 Å². The molecule has 0 aromatic heterocycles. The number of ether oxygens (including phenoxy) is 1. The maximum absolute atomic E-state index is 11.3. The smallest absolute Gasteiger partial charge is 0.220 e. The third-order valence-corrected chi connectivity index (χ3v) is 2.62.